The largest absolute Gasteiger partial charge is 0.265 e. The van der Waals surface area contributed by atoms with E-state index in [9.17, 15) is 4.39 Å². The Morgan fingerprint density at radius 1 is 1.33 bits per heavy atom. The Kier molecular flexibility index (Phi) is 3.93. The highest BCUT2D eigenvalue weighted by Gasteiger charge is 2.11. The molecule has 5 heteroatoms. The third-order valence-electron chi connectivity index (χ3n) is 2.98. The molecule has 0 spiro atoms. The van der Waals surface area contributed by atoms with E-state index in [1.807, 2.05) is 18.5 Å². The lowest BCUT2D eigenvalue weighted by molar-refractivity contribution is 0.623. The fourth-order valence-electron chi connectivity index (χ4n) is 1.89. The van der Waals surface area contributed by atoms with Crippen molar-refractivity contribution < 1.29 is 4.39 Å². The highest BCUT2D eigenvalue weighted by atomic mass is 35.5. The van der Waals surface area contributed by atoms with Crippen LogP contribution in [-0.4, -0.2) is 9.78 Å². The van der Waals surface area contributed by atoms with E-state index >= 15 is 0 Å². The Morgan fingerprint density at radius 2 is 2.06 bits per heavy atom. The van der Waals surface area contributed by atoms with Crippen molar-refractivity contribution in [3.63, 3.8) is 0 Å². The normalized spacial score (nSPS) is 10.9. The Morgan fingerprint density at radius 3 is 2.61 bits per heavy atom. The van der Waals surface area contributed by atoms with E-state index in [1.165, 1.54) is 6.07 Å². The molecule has 0 fully saturated rings. The van der Waals surface area contributed by atoms with Gasteiger partial charge in [0.15, 0.2) is 0 Å². The number of rotatable bonds is 3. The third kappa shape index (κ3) is 2.52. The molecule has 0 radical (unpaired) electrons. The van der Waals surface area contributed by atoms with Crippen LogP contribution in [0.5, 0.6) is 0 Å². The number of aromatic nitrogens is 2. The van der Waals surface area contributed by atoms with E-state index in [2.05, 4.69) is 5.10 Å². The van der Waals surface area contributed by atoms with Gasteiger partial charge in [0.2, 0.25) is 0 Å². The summed E-state index contributed by atoms with van der Waals surface area (Å²) in [7, 11) is 0. The van der Waals surface area contributed by atoms with Gasteiger partial charge in [-0.05, 0) is 31.5 Å². The molecule has 0 aliphatic carbocycles. The van der Waals surface area contributed by atoms with Gasteiger partial charge in [0, 0.05) is 11.3 Å². The second kappa shape index (κ2) is 5.29. The number of alkyl halides is 1. The molecule has 96 valence electrons. The predicted octanol–water partition coefficient (Wildman–Crippen LogP) is 4.08. The van der Waals surface area contributed by atoms with Gasteiger partial charge in [0.1, 0.15) is 5.82 Å². The molecule has 0 aliphatic rings. The van der Waals surface area contributed by atoms with Crippen LogP contribution in [-0.2, 0) is 12.4 Å². The molecule has 1 aromatic heterocycles. The summed E-state index contributed by atoms with van der Waals surface area (Å²) in [6.45, 7) is 4.46. The molecule has 0 atom stereocenters. The maximum Gasteiger partial charge on any atom is 0.141 e. The average molecular weight is 287 g/mol. The molecule has 0 saturated carbocycles. The lowest BCUT2D eigenvalue weighted by Crippen LogP contribution is -2.04. The zero-order chi connectivity index (χ0) is 13.3. The molecular formula is C13H13Cl2FN2. The number of benzene rings is 1. The molecule has 1 aromatic carbocycles. The molecule has 0 N–H and O–H groups in total. The number of aryl methyl sites for hydroxylation is 1. The quantitative estimate of drug-likeness (QED) is 0.778. The minimum atomic E-state index is -0.407. The van der Waals surface area contributed by atoms with Crippen LogP contribution in [0.3, 0.4) is 0 Å². The molecule has 1 heterocycles. The standard InChI is InChI=1S/C13H13Cl2FN2/c1-8-11(6-14)9(2)18(17-8)7-10-3-4-13(16)12(15)5-10/h3-5H,6-7H2,1-2H3. The van der Waals surface area contributed by atoms with E-state index in [4.69, 9.17) is 23.2 Å². The van der Waals surface area contributed by atoms with Crippen LogP contribution in [0.15, 0.2) is 18.2 Å². The molecule has 18 heavy (non-hydrogen) atoms. The van der Waals surface area contributed by atoms with Crippen LogP contribution in [0.1, 0.15) is 22.5 Å². The Bertz CT molecular complexity index is 579. The SMILES string of the molecule is Cc1nn(Cc2ccc(F)c(Cl)c2)c(C)c1CCl. The van der Waals surface area contributed by atoms with Gasteiger partial charge in [0.25, 0.3) is 0 Å². The third-order valence-corrected chi connectivity index (χ3v) is 3.54. The summed E-state index contributed by atoms with van der Waals surface area (Å²) >= 11 is 11.6. The van der Waals surface area contributed by atoms with Crippen molar-refractivity contribution in [2.75, 3.05) is 0 Å². The first-order chi connectivity index (χ1) is 8.52. The second-order valence-corrected chi connectivity index (χ2v) is 4.86. The van der Waals surface area contributed by atoms with Crippen LogP contribution in [0.4, 0.5) is 4.39 Å². The topological polar surface area (TPSA) is 17.8 Å². The highest BCUT2D eigenvalue weighted by Crippen LogP contribution is 2.19. The average Bonchev–Trinajstić information content (AvgIpc) is 2.59. The van der Waals surface area contributed by atoms with E-state index in [-0.39, 0.29) is 5.02 Å². The van der Waals surface area contributed by atoms with E-state index in [0.717, 1.165) is 22.5 Å². The molecule has 0 amide bonds. The first-order valence-electron chi connectivity index (χ1n) is 5.55. The minimum Gasteiger partial charge on any atom is -0.265 e. The van der Waals surface area contributed by atoms with Crippen LogP contribution in [0.2, 0.25) is 5.02 Å². The number of halogens is 3. The first-order valence-corrected chi connectivity index (χ1v) is 6.47. The van der Waals surface area contributed by atoms with Gasteiger partial charge in [-0.25, -0.2) is 4.39 Å². The van der Waals surface area contributed by atoms with E-state index < -0.39 is 5.82 Å². The van der Waals surface area contributed by atoms with Crippen molar-refractivity contribution in [1.29, 1.82) is 0 Å². The lowest BCUT2D eigenvalue weighted by atomic mass is 10.2. The number of hydrogen-bond acceptors (Lipinski definition) is 1. The summed E-state index contributed by atoms with van der Waals surface area (Å²) in [4.78, 5) is 0. The van der Waals surface area contributed by atoms with Crippen LogP contribution in [0, 0.1) is 19.7 Å². The van der Waals surface area contributed by atoms with Gasteiger partial charge in [0.05, 0.1) is 23.1 Å². The summed E-state index contributed by atoms with van der Waals surface area (Å²) in [5.41, 5.74) is 3.91. The van der Waals surface area contributed by atoms with Crippen molar-refractivity contribution in [1.82, 2.24) is 9.78 Å². The smallest absolute Gasteiger partial charge is 0.141 e. The zero-order valence-electron chi connectivity index (χ0n) is 10.2. The summed E-state index contributed by atoms with van der Waals surface area (Å²) in [6.07, 6.45) is 0. The fraction of sp³-hybridized carbons (Fsp3) is 0.308. The summed E-state index contributed by atoms with van der Waals surface area (Å²) in [5.74, 6) is 0.0391. The van der Waals surface area contributed by atoms with Crippen LogP contribution in [0.25, 0.3) is 0 Å². The van der Waals surface area contributed by atoms with Gasteiger partial charge in [-0.3, -0.25) is 4.68 Å². The van der Waals surface area contributed by atoms with Gasteiger partial charge in [-0.2, -0.15) is 5.10 Å². The van der Waals surface area contributed by atoms with E-state index in [1.54, 1.807) is 12.1 Å². The number of hydrogen-bond donors (Lipinski definition) is 0. The van der Waals surface area contributed by atoms with Crippen molar-refractivity contribution in [3.8, 4) is 0 Å². The molecule has 0 saturated heterocycles. The van der Waals surface area contributed by atoms with Crippen molar-refractivity contribution in [3.05, 3.63) is 51.6 Å². The molecule has 0 bridgehead atoms. The lowest BCUT2D eigenvalue weighted by Gasteiger charge is -2.06. The predicted molar refractivity (Wildman–Crippen MR) is 71.8 cm³/mol. The molecule has 2 rings (SSSR count). The van der Waals surface area contributed by atoms with Gasteiger partial charge in [-0.15, -0.1) is 11.6 Å². The van der Waals surface area contributed by atoms with Crippen molar-refractivity contribution in [2.24, 2.45) is 0 Å². The minimum absolute atomic E-state index is 0.131. The summed E-state index contributed by atoms with van der Waals surface area (Å²) in [6, 6.07) is 4.69. The van der Waals surface area contributed by atoms with Crippen LogP contribution < -0.4 is 0 Å². The maximum atomic E-state index is 13.1. The first kappa shape index (κ1) is 13.4. The summed E-state index contributed by atoms with van der Waals surface area (Å²) in [5, 5.41) is 4.55. The highest BCUT2D eigenvalue weighted by molar-refractivity contribution is 6.30. The molecule has 0 aliphatic heterocycles. The van der Waals surface area contributed by atoms with Gasteiger partial charge < -0.3 is 0 Å². The molecule has 2 nitrogen and oxygen atoms in total. The van der Waals surface area contributed by atoms with Crippen LogP contribution >= 0.6 is 23.2 Å². The Labute approximate surface area is 115 Å². The molecular weight excluding hydrogens is 274 g/mol. The van der Waals surface area contributed by atoms with Crippen molar-refractivity contribution >= 4 is 23.2 Å². The maximum absolute atomic E-state index is 13.1. The summed E-state index contributed by atoms with van der Waals surface area (Å²) < 4.78 is 14.9. The van der Waals surface area contributed by atoms with E-state index in [0.29, 0.717) is 12.4 Å². The van der Waals surface area contributed by atoms with Crippen molar-refractivity contribution in [2.45, 2.75) is 26.3 Å². The molecule has 0 unspecified atom stereocenters. The second-order valence-electron chi connectivity index (χ2n) is 4.19. The van der Waals surface area contributed by atoms with Gasteiger partial charge >= 0.3 is 0 Å². The van der Waals surface area contributed by atoms with Gasteiger partial charge in [-0.1, -0.05) is 17.7 Å². The molecule has 2 aromatic rings. The Hall–Kier alpha value is -1.06. The zero-order valence-corrected chi connectivity index (χ0v) is 11.7. The number of nitrogens with zero attached hydrogens (tertiary/aromatic N) is 2. The monoisotopic (exact) mass is 286 g/mol. The Balaban J connectivity index is 2.31. The fourth-order valence-corrected chi connectivity index (χ4v) is 2.48.